The molecule has 1 aromatic heterocycles. The molecule has 0 saturated heterocycles. The van der Waals surface area contributed by atoms with Crippen molar-refractivity contribution in [2.24, 2.45) is 0 Å². The van der Waals surface area contributed by atoms with Crippen LogP contribution in [0.2, 0.25) is 0 Å². The van der Waals surface area contributed by atoms with Crippen molar-refractivity contribution in [1.29, 1.82) is 0 Å². The Bertz CT molecular complexity index is 739. The van der Waals surface area contributed by atoms with Crippen LogP contribution in [-0.2, 0) is 16.6 Å². The van der Waals surface area contributed by atoms with Crippen LogP contribution >= 0.6 is 27.3 Å². The molecule has 0 fully saturated rings. The number of nitrogen functional groups attached to an aromatic ring is 1. The van der Waals surface area contributed by atoms with Crippen LogP contribution < -0.4 is 10.5 Å². The zero-order valence-electron chi connectivity index (χ0n) is 11.1. The van der Waals surface area contributed by atoms with Crippen LogP contribution in [0.15, 0.2) is 32.9 Å². The molecule has 0 bridgehead atoms. The summed E-state index contributed by atoms with van der Waals surface area (Å²) >= 11 is 4.85. The third-order valence-corrected chi connectivity index (χ3v) is 6.05. The molecular weight excluding hydrogens is 360 g/mol. The van der Waals surface area contributed by atoms with E-state index >= 15 is 0 Å². The van der Waals surface area contributed by atoms with Gasteiger partial charge in [-0.3, -0.25) is 0 Å². The molecule has 0 aliphatic heterocycles. The number of nitrogens with two attached hydrogens (primary N) is 1. The molecule has 7 heteroatoms. The third-order valence-electron chi connectivity index (χ3n) is 2.90. The van der Waals surface area contributed by atoms with E-state index in [1.54, 1.807) is 19.1 Å². The highest BCUT2D eigenvalue weighted by atomic mass is 79.9. The predicted molar refractivity (Wildman–Crippen MR) is 86.4 cm³/mol. The van der Waals surface area contributed by atoms with Crippen LogP contribution in [0.1, 0.15) is 16.0 Å². The van der Waals surface area contributed by atoms with Crippen LogP contribution in [0.5, 0.6) is 0 Å². The molecule has 1 aromatic carbocycles. The first-order valence-corrected chi connectivity index (χ1v) is 8.99. The van der Waals surface area contributed by atoms with Crippen molar-refractivity contribution in [2.45, 2.75) is 25.3 Å². The summed E-state index contributed by atoms with van der Waals surface area (Å²) in [6, 6.07) is 7.18. The highest BCUT2D eigenvalue weighted by Gasteiger charge is 2.18. The number of hydrogen-bond acceptors (Lipinski definition) is 4. The molecule has 20 heavy (non-hydrogen) atoms. The molecule has 0 spiro atoms. The zero-order valence-corrected chi connectivity index (χ0v) is 14.3. The Balaban J connectivity index is 2.27. The van der Waals surface area contributed by atoms with Gasteiger partial charge in [-0.1, -0.05) is 0 Å². The smallest absolute Gasteiger partial charge is 0.241 e. The minimum atomic E-state index is -3.56. The number of hydrogen-bond donors (Lipinski definition) is 2. The Kier molecular flexibility index (Phi) is 4.53. The number of benzene rings is 1. The summed E-state index contributed by atoms with van der Waals surface area (Å²) in [4.78, 5) is 1.18. The molecule has 0 saturated carbocycles. The van der Waals surface area contributed by atoms with Gasteiger partial charge in [0.1, 0.15) is 0 Å². The number of rotatable bonds is 4. The van der Waals surface area contributed by atoms with Crippen LogP contribution in [0.25, 0.3) is 0 Å². The van der Waals surface area contributed by atoms with E-state index in [1.165, 1.54) is 11.3 Å². The quantitative estimate of drug-likeness (QED) is 0.807. The van der Waals surface area contributed by atoms with Crippen molar-refractivity contribution in [2.75, 3.05) is 5.73 Å². The maximum atomic E-state index is 12.4. The highest BCUT2D eigenvalue weighted by molar-refractivity contribution is 9.11. The molecule has 108 valence electrons. The number of anilines is 1. The van der Waals surface area contributed by atoms with E-state index in [9.17, 15) is 8.42 Å². The topological polar surface area (TPSA) is 72.2 Å². The van der Waals surface area contributed by atoms with Crippen molar-refractivity contribution in [3.8, 4) is 0 Å². The summed E-state index contributed by atoms with van der Waals surface area (Å²) in [7, 11) is -3.56. The van der Waals surface area contributed by atoms with Gasteiger partial charge >= 0.3 is 0 Å². The molecule has 0 aliphatic rings. The standard InChI is InChI=1S/C13H15BrN2O2S2/c1-8-5-11(15)9(2)12(6-8)20(17,18)16-7-10-3-4-13(14)19-10/h3-6,16H,7,15H2,1-2H3. The lowest BCUT2D eigenvalue weighted by molar-refractivity contribution is 0.581. The van der Waals surface area contributed by atoms with Gasteiger partial charge in [0.2, 0.25) is 10.0 Å². The molecule has 2 rings (SSSR count). The van der Waals surface area contributed by atoms with Gasteiger partial charge in [0.25, 0.3) is 0 Å². The van der Waals surface area contributed by atoms with Crippen LogP contribution in [0.4, 0.5) is 5.69 Å². The van der Waals surface area contributed by atoms with E-state index in [4.69, 9.17) is 5.73 Å². The lowest BCUT2D eigenvalue weighted by Gasteiger charge is -2.11. The molecule has 0 unspecified atom stereocenters. The van der Waals surface area contributed by atoms with Crippen LogP contribution in [0, 0.1) is 13.8 Å². The van der Waals surface area contributed by atoms with E-state index in [0.29, 0.717) is 11.3 Å². The number of sulfonamides is 1. The maximum absolute atomic E-state index is 12.4. The predicted octanol–water partition coefficient (Wildman–Crippen LogP) is 3.19. The van der Waals surface area contributed by atoms with Crippen LogP contribution in [-0.4, -0.2) is 8.42 Å². The largest absolute Gasteiger partial charge is 0.398 e. The second-order valence-electron chi connectivity index (χ2n) is 4.51. The average molecular weight is 375 g/mol. The second-order valence-corrected chi connectivity index (χ2v) is 8.79. The summed E-state index contributed by atoms with van der Waals surface area (Å²) in [5, 5.41) is 0. The number of nitrogens with one attached hydrogen (secondary N) is 1. The Morgan fingerprint density at radius 3 is 2.60 bits per heavy atom. The summed E-state index contributed by atoms with van der Waals surface area (Å²) in [5.74, 6) is 0. The number of thiophene rings is 1. The van der Waals surface area contributed by atoms with Gasteiger partial charge in [-0.25, -0.2) is 13.1 Å². The molecule has 0 amide bonds. The Hall–Kier alpha value is -0.890. The van der Waals surface area contributed by atoms with E-state index in [-0.39, 0.29) is 11.4 Å². The molecule has 1 heterocycles. The monoisotopic (exact) mass is 374 g/mol. The average Bonchev–Trinajstić information content (AvgIpc) is 2.77. The first kappa shape index (κ1) is 15.5. The summed E-state index contributed by atoms with van der Waals surface area (Å²) < 4.78 is 28.3. The first-order chi connectivity index (χ1) is 9.29. The second kappa shape index (κ2) is 5.85. The van der Waals surface area contributed by atoms with Gasteiger partial charge in [0, 0.05) is 17.1 Å². The van der Waals surface area contributed by atoms with Crippen molar-refractivity contribution in [1.82, 2.24) is 4.72 Å². The van der Waals surface area contributed by atoms with E-state index in [2.05, 4.69) is 20.7 Å². The summed E-state index contributed by atoms with van der Waals surface area (Å²) in [6.07, 6.45) is 0. The zero-order chi connectivity index (χ0) is 14.9. The van der Waals surface area contributed by atoms with Crippen LogP contribution in [0.3, 0.4) is 0 Å². The Labute approximate surface area is 131 Å². The van der Waals surface area contributed by atoms with Gasteiger partial charge in [0.15, 0.2) is 0 Å². The van der Waals surface area contributed by atoms with Crippen molar-refractivity contribution in [3.63, 3.8) is 0 Å². The van der Waals surface area contributed by atoms with Gasteiger partial charge in [-0.15, -0.1) is 11.3 Å². The first-order valence-electron chi connectivity index (χ1n) is 5.90. The SMILES string of the molecule is Cc1cc(N)c(C)c(S(=O)(=O)NCc2ccc(Br)s2)c1. The van der Waals surface area contributed by atoms with Gasteiger partial charge in [-0.05, 0) is 65.2 Å². The lowest BCUT2D eigenvalue weighted by Crippen LogP contribution is -2.24. The molecule has 3 N–H and O–H groups in total. The lowest BCUT2D eigenvalue weighted by atomic mass is 10.1. The van der Waals surface area contributed by atoms with Gasteiger partial charge in [0.05, 0.1) is 8.68 Å². The Morgan fingerprint density at radius 2 is 2.00 bits per heavy atom. The third kappa shape index (κ3) is 3.41. The van der Waals surface area contributed by atoms with Crippen molar-refractivity contribution >= 4 is 43.0 Å². The fourth-order valence-electron chi connectivity index (χ4n) is 1.82. The van der Waals surface area contributed by atoms with Crippen molar-refractivity contribution < 1.29 is 8.42 Å². The fraction of sp³-hybridized carbons (Fsp3) is 0.231. The molecular formula is C13H15BrN2O2S2. The minimum absolute atomic E-state index is 0.241. The van der Waals surface area contributed by atoms with Crippen molar-refractivity contribution in [3.05, 3.63) is 44.1 Å². The van der Waals surface area contributed by atoms with Gasteiger partial charge < -0.3 is 5.73 Å². The molecule has 0 radical (unpaired) electrons. The highest BCUT2D eigenvalue weighted by Crippen LogP contribution is 2.25. The fourth-order valence-corrected chi connectivity index (χ4v) is 4.70. The normalized spacial score (nSPS) is 11.8. The number of halogens is 1. The van der Waals surface area contributed by atoms with Gasteiger partial charge in [-0.2, -0.15) is 0 Å². The maximum Gasteiger partial charge on any atom is 0.241 e. The van der Waals surface area contributed by atoms with E-state index in [0.717, 1.165) is 14.2 Å². The van der Waals surface area contributed by atoms with E-state index < -0.39 is 10.0 Å². The number of aryl methyl sites for hydroxylation is 1. The molecule has 4 nitrogen and oxygen atoms in total. The minimum Gasteiger partial charge on any atom is -0.398 e. The molecule has 0 atom stereocenters. The Morgan fingerprint density at radius 1 is 1.30 bits per heavy atom. The van der Waals surface area contributed by atoms with E-state index in [1.807, 2.05) is 19.1 Å². The summed E-state index contributed by atoms with van der Waals surface area (Å²) in [6.45, 7) is 3.81. The summed E-state index contributed by atoms with van der Waals surface area (Å²) in [5.41, 5.74) is 7.73. The molecule has 2 aromatic rings. The molecule has 0 aliphatic carbocycles.